The van der Waals surface area contributed by atoms with Crippen molar-refractivity contribution in [2.75, 3.05) is 19.6 Å². The monoisotopic (exact) mass is 210 g/mol. The van der Waals surface area contributed by atoms with E-state index in [1.807, 2.05) is 0 Å². The number of nitrogens with zero attached hydrogens (tertiary/aromatic N) is 1. The molecule has 3 unspecified atom stereocenters. The molecule has 0 aromatic carbocycles. The van der Waals surface area contributed by atoms with Crippen molar-refractivity contribution in [2.24, 2.45) is 23.5 Å². The number of rotatable bonds is 3. The Bertz CT molecular complexity index is 211. The zero-order chi connectivity index (χ0) is 11.1. The summed E-state index contributed by atoms with van der Waals surface area (Å²) in [7, 11) is 0. The van der Waals surface area contributed by atoms with Crippen molar-refractivity contribution in [1.82, 2.24) is 4.90 Å². The zero-order valence-electron chi connectivity index (χ0n) is 10.5. The quantitative estimate of drug-likeness (QED) is 0.773. The normalized spacial score (nSPS) is 37.6. The molecule has 0 aromatic rings. The van der Waals surface area contributed by atoms with Crippen LogP contribution in [0.25, 0.3) is 0 Å². The van der Waals surface area contributed by atoms with Crippen LogP contribution < -0.4 is 5.73 Å². The summed E-state index contributed by atoms with van der Waals surface area (Å²) in [6.45, 7) is 10.6. The fourth-order valence-corrected chi connectivity index (χ4v) is 3.27. The van der Waals surface area contributed by atoms with Gasteiger partial charge in [-0.15, -0.1) is 0 Å². The summed E-state index contributed by atoms with van der Waals surface area (Å²) in [5.74, 6) is 2.50. The lowest BCUT2D eigenvalue weighted by Gasteiger charge is -2.39. The Balaban J connectivity index is 1.87. The summed E-state index contributed by atoms with van der Waals surface area (Å²) in [6, 6.07) is 0. The fourth-order valence-electron chi connectivity index (χ4n) is 3.27. The van der Waals surface area contributed by atoms with Gasteiger partial charge < -0.3 is 10.6 Å². The number of nitrogens with two attached hydrogens (primary N) is 1. The molecule has 1 aliphatic carbocycles. The lowest BCUT2D eigenvalue weighted by Crippen LogP contribution is -2.52. The van der Waals surface area contributed by atoms with Crippen molar-refractivity contribution in [1.29, 1.82) is 0 Å². The first-order valence-corrected chi connectivity index (χ1v) is 6.48. The Kier molecular flexibility index (Phi) is 3.09. The van der Waals surface area contributed by atoms with Gasteiger partial charge in [0.2, 0.25) is 0 Å². The van der Waals surface area contributed by atoms with Crippen molar-refractivity contribution >= 4 is 0 Å². The first kappa shape index (κ1) is 11.4. The lowest BCUT2D eigenvalue weighted by molar-refractivity contribution is 0.110. The van der Waals surface area contributed by atoms with Crippen molar-refractivity contribution in [3.8, 4) is 0 Å². The van der Waals surface area contributed by atoms with Crippen LogP contribution in [0.15, 0.2) is 0 Å². The van der Waals surface area contributed by atoms with Crippen LogP contribution in [0.2, 0.25) is 0 Å². The average molecular weight is 210 g/mol. The molecule has 3 atom stereocenters. The smallest absolute Gasteiger partial charge is 0.0283 e. The van der Waals surface area contributed by atoms with Gasteiger partial charge in [-0.3, -0.25) is 0 Å². The topological polar surface area (TPSA) is 29.3 Å². The number of hydrogen-bond donors (Lipinski definition) is 1. The van der Waals surface area contributed by atoms with Crippen LogP contribution in [-0.2, 0) is 0 Å². The first-order valence-electron chi connectivity index (χ1n) is 6.48. The molecule has 2 nitrogen and oxygen atoms in total. The fraction of sp³-hybridized carbons (Fsp3) is 1.00. The molecule has 88 valence electrons. The third kappa shape index (κ3) is 2.94. The van der Waals surface area contributed by atoms with E-state index in [9.17, 15) is 0 Å². The highest BCUT2D eigenvalue weighted by atomic mass is 15.2. The van der Waals surface area contributed by atoms with Gasteiger partial charge >= 0.3 is 0 Å². The highest BCUT2D eigenvalue weighted by Gasteiger charge is 2.40. The summed E-state index contributed by atoms with van der Waals surface area (Å²) in [5, 5.41) is 0. The highest BCUT2D eigenvalue weighted by molar-refractivity contribution is 4.98. The molecule has 1 saturated heterocycles. The van der Waals surface area contributed by atoms with Gasteiger partial charge in [0.1, 0.15) is 0 Å². The number of piperidine rings is 1. The Labute approximate surface area is 94.2 Å². The van der Waals surface area contributed by atoms with Crippen molar-refractivity contribution < 1.29 is 0 Å². The van der Waals surface area contributed by atoms with Gasteiger partial charge in [-0.1, -0.05) is 13.8 Å². The van der Waals surface area contributed by atoms with Crippen molar-refractivity contribution in [2.45, 2.75) is 45.6 Å². The third-order valence-electron chi connectivity index (χ3n) is 4.02. The van der Waals surface area contributed by atoms with E-state index in [1.54, 1.807) is 0 Å². The summed E-state index contributed by atoms with van der Waals surface area (Å²) < 4.78 is 0. The van der Waals surface area contributed by atoms with E-state index >= 15 is 0 Å². The maximum absolute atomic E-state index is 6.40. The second-order valence-electron chi connectivity index (χ2n) is 6.42. The standard InChI is InChI=1S/C13H26N2/c1-10-6-11(2)8-15(7-10)9-13(3,14)12-4-5-12/h10-12H,4-9,14H2,1-3H3. The van der Waals surface area contributed by atoms with Gasteiger partial charge in [0.05, 0.1) is 0 Å². The van der Waals surface area contributed by atoms with Crippen LogP contribution in [0, 0.1) is 17.8 Å². The number of hydrogen-bond acceptors (Lipinski definition) is 2. The molecule has 2 heteroatoms. The van der Waals surface area contributed by atoms with Gasteiger partial charge in [0, 0.05) is 25.2 Å². The minimum Gasteiger partial charge on any atom is -0.324 e. The van der Waals surface area contributed by atoms with Gasteiger partial charge in [-0.2, -0.15) is 0 Å². The van der Waals surface area contributed by atoms with Crippen molar-refractivity contribution in [3.05, 3.63) is 0 Å². The molecule has 1 saturated carbocycles. The van der Waals surface area contributed by atoms with E-state index in [0.29, 0.717) is 0 Å². The molecule has 15 heavy (non-hydrogen) atoms. The second kappa shape index (κ2) is 4.06. The Morgan fingerprint density at radius 1 is 1.20 bits per heavy atom. The maximum atomic E-state index is 6.40. The summed E-state index contributed by atoms with van der Waals surface area (Å²) in [5.41, 5.74) is 6.47. The third-order valence-corrected chi connectivity index (χ3v) is 4.02. The Morgan fingerprint density at radius 2 is 1.73 bits per heavy atom. The molecule has 2 N–H and O–H groups in total. The van der Waals surface area contributed by atoms with E-state index in [4.69, 9.17) is 5.73 Å². The largest absolute Gasteiger partial charge is 0.324 e. The number of likely N-dealkylation sites (tertiary alicyclic amines) is 1. The van der Waals surface area contributed by atoms with Gasteiger partial charge in [0.25, 0.3) is 0 Å². The summed E-state index contributed by atoms with van der Waals surface area (Å²) in [6.07, 6.45) is 4.10. The SMILES string of the molecule is CC1CC(C)CN(CC(C)(N)C2CC2)C1. The summed E-state index contributed by atoms with van der Waals surface area (Å²) >= 11 is 0. The van der Waals surface area contributed by atoms with Gasteiger partial charge in [-0.25, -0.2) is 0 Å². The highest BCUT2D eigenvalue weighted by Crippen LogP contribution is 2.39. The molecular weight excluding hydrogens is 184 g/mol. The second-order valence-corrected chi connectivity index (χ2v) is 6.42. The van der Waals surface area contributed by atoms with E-state index in [2.05, 4.69) is 25.7 Å². The molecule has 0 radical (unpaired) electrons. The molecule has 0 bridgehead atoms. The molecule has 0 spiro atoms. The minimum absolute atomic E-state index is 0.0663. The Morgan fingerprint density at radius 3 is 2.20 bits per heavy atom. The molecule has 2 aliphatic rings. The molecular formula is C13H26N2. The predicted molar refractivity (Wildman–Crippen MR) is 64.7 cm³/mol. The molecule has 1 heterocycles. The van der Waals surface area contributed by atoms with E-state index in [1.165, 1.54) is 32.4 Å². The molecule has 0 aromatic heterocycles. The molecule has 2 rings (SSSR count). The van der Waals surface area contributed by atoms with Gasteiger partial charge in [-0.05, 0) is 43.9 Å². The van der Waals surface area contributed by atoms with Crippen LogP contribution in [0.4, 0.5) is 0 Å². The van der Waals surface area contributed by atoms with Crippen LogP contribution in [0.1, 0.15) is 40.0 Å². The van der Waals surface area contributed by atoms with E-state index < -0.39 is 0 Å². The predicted octanol–water partition coefficient (Wildman–Crippen LogP) is 2.09. The Hall–Kier alpha value is -0.0800. The first-order chi connectivity index (χ1) is 6.97. The maximum Gasteiger partial charge on any atom is 0.0283 e. The lowest BCUT2D eigenvalue weighted by atomic mass is 9.89. The van der Waals surface area contributed by atoms with Crippen LogP contribution in [0.5, 0.6) is 0 Å². The van der Waals surface area contributed by atoms with Crippen LogP contribution >= 0.6 is 0 Å². The van der Waals surface area contributed by atoms with Crippen LogP contribution in [0.3, 0.4) is 0 Å². The summed E-state index contributed by atoms with van der Waals surface area (Å²) in [4.78, 5) is 2.59. The minimum atomic E-state index is 0.0663. The molecule has 2 fully saturated rings. The van der Waals surface area contributed by atoms with E-state index in [-0.39, 0.29) is 5.54 Å². The van der Waals surface area contributed by atoms with Gasteiger partial charge in [0.15, 0.2) is 0 Å². The molecule has 0 amide bonds. The molecule has 1 aliphatic heterocycles. The van der Waals surface area contributed by atoms with Crippen LogP contribution in [-0.4, -0.2) is 30.1 Å². The average Bonchev–Trinajstić information content (AvgIpc) is 2.80. The zero-order valence-corrected chi connectivity index (χ0v) is 10.5. The van der Waals surface area contributed by atoms with E-state index in [0.717, 1.165) is 24.3 Å². The van der Waals surface area contributed by atoms with Crippen molar-refractivity contribution in [3.63, 3.8) is 0 Å².